The van der Waals surface area contributed by atoms with E-state index in [1.165, 1.54) is 11.1 Å². The van der Waals surface area contributed by atoms with Gasteiger partial charge in [-0.2, -0.15) is 0 Å². The van der Waals surface area contributed by atoms with E-state index in [-0.39, 0.29) is 6.03 Å². The summed E-state index contributed by atoms with van der Waals surface area (Å²) in [5, 5.41) is 10.4. The van der Waals surface area contributed by atoms with Crippen LogP contribution in [0.2, 0.25) is 0 Å². The molecule has 2 amide bonds. The van der Waals surface area contributed by atoms with Gasteiger partial charge in [-0.25, -0.2) is 4.79 Å². The van der Waals surface area contributed by atoms with Gasteiger partial charge in [0.25, 0.3) is 0 Å². The number of urea groups is 1. The van der Waals surface area contributed by atoms with Crippen molar-refractivity contribution in [2.45, 2.75) is 20.0 Å². The molecule has 1 aromatic carbocycles. The number of nitrogens with zero attached hydrogens (tertiary/aromatic N) is 3. The van der Waals surface area contributed by atoms with Gasteiger partial charge in [-0.05, 0) is 30.5 Å². The van der Waals surface area contributed by atoms with Crippen LogP contribution >= 0.6 is 0 Å². The van der Waals surface area contributed by atoms with Crippen LogP contribution in [-0.4, -0.2) is 72.7 Å². The Bertz CT molecular complexity index is 523. The molecule has 1 unspecified atom stereocenters. The van der Waals surface area contributed by atoms with Gasteiger partial charge in [0.2, 0.25) is 0 Å². The maximum Gasteiger partial charge on any atom is 0.319 e. The molecule has 5 nitrogen and oxygen atoms in total. The van der Waals surface area contributed by atoms with Crippen molar-refractivity contribution in [1.82, 2.24) is 14.7 Å². The summed E-state index contributed by atoms with van der Waals surface area (Å²) < 4.78 is 0. The van der Waals surface area contributed by atoms with Crippen molar-refractivity contribution in [3.05, 3.63) is 34.9 Å². The first-order valence-corrected chi connectivity index (χ1v) is 7.82. The van der Waals surface area contributed by atoms with Gasteiger partial charge in [-0.1, -0.05) is 18.2 Å². The molecule has 1 heterocycles. The first-order valence-electron chi connectivity index (χ1n) is 7.82. The third-order valence-electron chi connectivity index (χ3n) is 4.37. The van der Waals surface area contributed by atoms with Gasteiger partial charge in [-0.3, -0.25) is 4.90 Å². The standard InChI is InChI=1S/C17H27N3O2/c1-13-5-6-15(11-14(13)2)16(21)12-19-7-9-20(10-8-19)17(22)18(3)4/h5-6,11,16,21H,7-10,12H2,1-4H3. The summed E-state index contributed by atoms with van der Waals surface area (Å²) in [6.07, 6.45) is -0.476. The number of hydrogen-bond donors (Lipinski definition) is 1. The van der Waals surface area contributed by atoms with E-state index in [9.17, 15) is 9.90 Å². The van der Waals surface area contributed by atoms with Gasteiger partial charge in [-0.15, -0.1) is 0 Å². The molecule has 1 atom stereocenters. The largest absolute Gasteiger partial charge is 0.387 e. The van der Waals surface area contributed by atoms with Crippen LogP contribution in [0.5, 0.6) is 0 Å². The minimum absolute atomic E-state index is 0.0642. The Morgan fingerprint density at radius 3 is 2.36 bits per heavy atom. The molecule has 0 aromatic heterocycles. The zero-order valence-electron chi connectivity index (χ0n) is 14.0. The molecule has 1 aromatic rings. The van der Waals surface area contributed by atoms with Crippen molar-refractivity contribution in [2.24, 2.45) is 0 Å². The molecule has 0 bridgehead atoms. The highest BCUT2D eigenvalue weighted by atomic mass is 16.3. The van der Waals surface area contributed by atoms with Crippen LogP contribution in [0.15, 0.2) is 18.2 Å². The summed E-state index contributed by atoms with van der Waals surface area (Å²) in [6, 6.07) is 6.18. The predicted molar refractivity (Wildman–Crippen MR) is 88.0 cm³/mol. The number of benzene rings is 1. The van der Waals surface area contributed by atoms with Crippen LogP contribution in [0.4, 0.5) is 4.79 Å². The monoisotopic (exact) mass is 305 g/mol. The number of amides is 2. The topological polar surface area (TPSA) is 47.0 Å². The minimum Gasteiger partial charge on any atom is -0.387 e. The number of piperazine rings is 1. The number of aryl methyl sites for hydroxylation is 2. The Balaban J connectivity index is 1.87. The fourth-order valence-corrected chi connectivity index (χ4v) is 2.73. The molecule has 1 fully saturated rings. The molecule has 0 saturated carbocycles. The summed E-state index contributed by atoms with van der Waals surface area (Å²) in [6.45, 7) is 7.81. The van der Waals surface area contributed by atoms with Crippen LogP contribution in [0.25, 0.3) is 0 Å². The average Bonchev–Trinajstić information content (AvgIpc) is 2.50. The summed E-state index contributed by atoms with van der Waals surface area (Å²) in [5.41, 5.74) is 3.42. The summed E-state index contributed by atoms with van der Waals surface area (Å²) in [4.78, 5) is 17.6. The highest BCUT2D eigenvalue weighted by Crippen LogP contribution is 2.19. The molecule has 122 valence electrons. The minimum atomic E-state index is -0.476. The highest BCUT2D eigenvalue weighted by Gasteiger charge is 2.23. The summed E-state index contributed by atoms with van der Waals surface area (Å²) in [7, 11) is 3.55. The van der Waals surface area contributed by atoms with Crippen molar-refractivity contribution in [1.29, 1.82) is 0 Å². The van der Waals surface area contributed by atoms with Gasteiger partial charge in [0.05, 0.1) is 6.10 Å². The quantitative estimate of drug-likeness (QED) is 0.923. The number of carbonyl (C=O) groups is 1. The van der Waals surface area contributed by atoms with E-state index in [0.29, 0.717) is 6.54 Å². The molecule has 1 saturated heterocycles. The normalized spacial score (nSPS) is 17.4. The lowest BCUT2D eigenvalue weighted by Crippen LogP contribution is -2.52. The van der Waals surface area contributed by atoms with Gasteiger partial charge in [0, 0.05) is 46.8 Å². The van der Waals surface area contributed by atoms with Crippen LogP contribution in [0.1, 0.15) is 22.8 Å². The molecule has 1 aliphatic heterocycles. The molecular formula is C17H27N3O2. The van der Waals surface area contributed by atoms with Crippen molar-refractivity contribution in [3.8, 4) is 0 Å². The maximum atomic E-state index is 11.9. The summed E-state index contributed by atoms with van der Waals surface area (Å²) >= 11 is 0. The third kappa shape index (κ3) is 3.99. The van der Waals surface area contributed by atoms with Crippen LogP contribution in [-0.2, 0) is 0 Å². The average molecular weight is 305 g/mol. The van der Waals surface area contributed by atoms with Crippen molar-refractivity contribution in [2.75, 3.05) is 46.8 Å². The number of aliphatic hydroxyl groups is 1. The number of rotatable bonds is 3. The molecule has 22 heavy (non-hydrogen) atoms. The molecule has 1 aliphatic rings. The fourth-order valence-electron chi connectivity index (χ4n) is 2.73. The van der Waals surface area contributed by atoms with E-state index in [2.05, 4.69) is 30.9 Å². The van der Waals surface area contributed by atoms with E-state index >= 15 is 0 Å². The van der Waals surface area contributed by atoms with Gasteiger partial charge < -0.3 is 14.9 Å². The Kier molecular flexibility index (Phi) is 5.42. The second-order valence-electron chi connectivity index (χ2n) is 6.32. The lowest BCUT2D eigenvalue weighted by atomic mass is 10.0. The zero-order chi connectivity index (χ0) is 16.3. The predicted octanol–water partition coefficient (Wildman–Crippen LogP) is 1.64. The molecule has 5 heteroatoms. The Hall–Kier alpha value is -1.59. The van der Waals surface area contributed by atoms with Crippen LogP contribution < -0.4 is 0 Å². The molecule has 2 rings (SSSR count). The summed E-state index contributed by atoms with van der Waals surface area (Å²) in [5.74, 6) is 0. The van der Waals surface area contributed by atoms with Crippen molar-refractivity contribution < 1.29 is 9.90 Å². The first-order chi connectivity index (χ1) is 10.4. The molecule has 0 aliphatic carbocycles. The third-order valence-corrected chi connectivity index (χ3v) is 4.37. The molecule has 0 spiro atoms. The first kappa shape index (κ1) is 16.8. The van der Waals surface area contributed by atoms with Gasteiger partial charge >= 0.3 is 6.03 Å². The van der Waals surface area contributed by atoms with E-state index in [4.69, 9.17) is 0 Å². The van der Waals surface area contributed by atoms with E-state index in [1.807, 2.05) is 11.0 Å². The van der Waals surface area contributed by atoms with Crippen LogP contribution in [0, 0.1) is 13.8 Å². The molecular weight excluding hydrogens is 278 g/mol. The van der Waals surface area contributed by atoms with Crippen molar-refractivity contribution >= 4 is 6.03 Å². The van der Waals surface area contributed by atoms with Gasteiger partial charge in [0.1, 0.15) is 0 Å². The van der Waals surface area contributed by atoms with E-state index < -0.39 is 6.10 Å². The fraction of sp³-hybridized carbons (Fsp3) is 0.588. The number of β-amino-alcohol motifs (C(OH)–C–C–N with tert-alkyl or cyclic N) is 1. The van der Waals surface area contributed by atoms with Crippen LogP contribution in [0.3, 0.4) is 0 Å². The zero-order valence-corrected chi connectivity index (χ0v) is 14.0. The SMILES string of the molecule is Cc1ccc(C(O)CN2CCN(C(=O)N(C)C)CC2)cc1C. The second kappa shape index (κ2) is 7.11. The van der Waals surface area contributed by atoms with E-state index in [0.717, 1.165) is 31.7 Å². The number of carbonyl (C=O) groups excluding carboxylic acids is 1. The van der Waals surface area contributed by atoms with Crippen molar-refractivity contribution in [3.63, 3.8) is 0 Å². The number of aliphatic hydroxyl groups excluding tert-OH is 1. The number of hydrogen-bond acceptors (Lipinski definition) is 3. The maximum absolute atomic E-state index is 11.9. The second-order valence-corrected chi connectivity index (χ2v) is 6.32. The van der Waals surface area contributed by atoms with E-state index in [1.54, 1.807) is 19.0 Å². The highest BCUT2D eigenvalue weighted by molar-refractivity contribution is 5.73. The smallest absolute Gasteiger partial charge is 0.319 e. The lowest BCUT2D eigenvalue weighted by molar-refractivity contribution is 0.0762. The Morgan fingerprint density at radius 1 is 1.18 bits per heavy atom. The molecule has 0 radical (unpaired) electrons. The van der Waals surface area contributed by atoms with Gasteiger partial charge in [0.15, 0.2) is 0 Å². The lowest BCUT2D eigenvalue weighted by Gasteiger charge is -2.36. The Morgan fingerprint density at radius 2 is 1.82 bits per heavy atom. The molecule has 1 N–H and O–H groups in total. The Labute approximate surface area is 133 Å².